The van der Waals surface area contributed by atoms with E-state index in [2.05, 4.69) is 10.6 Å². The van der Waals surface area contributed by atoms with E-state index in [1.807, 2.05) is 44.2 Å². The van der Waals surface area contributed by atoms with Gasteiger partial charge in [-0.3, -0.25) is 24.0 Å². The highest BCUT2D eigenvalue weighted by Gasteiger charge is 2.36. The SMILES string of the molecule is CCC(N)C(=O)N(C)CC(=O)N(C)[C@@H](CC(C)C)C(=O)N[C@H](C(=O)N(C)[C@@H](C)C(=O)N[C@@H](C)C(=O)OCc1ccccc1)C(C)C. The van der Waals surface area contributed by atoms with E-state index < -0.39 is 59.8 Å². The molecule has 0 aromatic heterocycles. The molecular formula is C33H54N6O7. The van der Waals surface area contributed by atoms with Crippen LogP contribution in [0.25, 0.3) is 0 Å². The molecule has 0 bridgehead atoms. The van der Waals surface area contributed by atoms with Crippen molar-refractivity contribution in [2.75, 3.05) is 27.7 Å². The summed E-state index contributed by atoms with van der Waals surface area (Å²) in [5.41, 5.74) is 6.63. The molecule has 1 aromatic carbocycles. The van der Waals surface area contributed by atoms with E-state index in [4.69, 9.17) is 10.5 Å². The maximum Gasteiger partial charge on any atom is 0.328 e. The molecule has 1 unspecified atom stereocenters. The summed E-state index contributed by atoms with van der Waals surface area (Å²) in [6.45, 7) is 11.9. The second kappa shape index (κ2) is 18.8. The molecule has 0 aliphatic heterocycles. The third-order valence-corrected chi connectivity index (χ3v) is 7.84. The van der Waals surface area contributed by atoms with Gasteiger partial charge < -0.3 is 35.8 Å². The Morgan fingerprint density at radius 2 is 1.41 bits per heavy atom. The summed E-state index contributed by atoms with van der Waals surface area (Å²) in [6.07, 6.45) is 0.734. The van der Waals surface area contributed by atoms with Crippen molar-refractivity contribution in [2.24, 2.45) is 17.6 Å². The molecular weight excluding hydrogens is 592 g/mol. The van der Waals surface area contributed by atoms with E-state index in [0.29, 0.717) is 12.8 Å². The van der Waals surface area contributed by atoms with Crippen molar-refractivity contribution in [1.29, 1.82) is 0 Å². The van der Waals surface area contributed by atoms with Crippen LogP contribution in [0.2, 0.25) is 0 Å². The van der Waals surface area contributed by atoms with Gasteiger partial charge in [0, 0.05) is 21.1 Å². The monoisotopic (exact) mass is 646 g/mol. The molecule has 0 heterocycles. The van der Waals surface area contributed by atoms with E-state index in [1.54, 1.807) is 20.8 Å². The summed E-state index contributed by atoms with van der Waals surface area (Å²) >= 11 is 0. The van der Waals surface area contributed by atoms with Gasteiger partial charge in [0.1, 0.15) is 30.8 Å². The Labute approximate surface area is 273 Å². The maximum absolute atomic E-state index is 13.6. The van der Waals surface area contributed by atoms with Gasteiger partial charge in [-0.2, -0.15) is 0 Å². The molecule has 5 atom stereocenters. The van der Waals surface area contributed by atoms with E-state index in [1.165, 1.54) is 49.7 Å². The number of carbonyl (C=O) groups is 6. The molecule has 1 aromatic rings. The number of nitrogens with two attached hydrogens (primary N) is 1. The van der Waals surface area contributed by atoms with Gasteiger partial charge in [0.25, 0.3) is 0 Å². The van der Waals surface area contributed by atoms with Crippen LogP contribution in [0.15, 0.2) is 30.3 Å². The number of rotatable bonds is 17. The van der Waals surface area contributed by atoms with Crippen LogP contribution in [0.3, 0.4) is 0 Å². The summed E-state index contributed by atoms with van der Waals surface area (Å²) in [7, 11) is 4.42. The average Bonchev–Trinajstić information content (AvgIpc) is 3.02. The lowest BCUT2D eigenvalue weighted by atomic mass is 9.98. The predicted molar refractivity (Wildman–Crippen MR) is 175 cm³/mol. The fourth-order valence-electron chi connectivity index (χ4n) is 4.51. The zero-order valence-electron chi connectivity index (χ0n) is 29.0. The molecule has 0 fully saturated rings. The number of likely N-dealkylation sites (N-methyl/N-ethyl adjacent to an activating group) is 3. The van der Waals surface area contributed by atoms with Crippen LogP contribution in [0, 0.1) is 11.8 Å². The van der Waals surface area contributed by atoms with Crippen molar-refractivity contribution in [3.05, 3.63) is 35.9 Å². The predicted octanol–water partition coefficient (Wildman–Crippen LogP) is 1.29. The molecule has 0 spiro atoms. The van der Waals surface area contributed by atoms with Crippen LogP contribution in [-0.2, 0) is 40.1 Å². The standard InChI is InChI=1S/C33H54N6O7/c1-11-25(34)31(43)37(8)18-27(40)39(10)26(17-20(2)3)30(42)36-28(21(4)5)32(44)38(9)23(7)29(41)35-22(6)33(45)46-19-24-15-13-12-14-16-24/h12-16,20-23,25-26,28H,11,17-19,34H2,1-10H3,(H,35,41)(H,36,42)/t22-,23-,25?,26-,28-/m0/s1. The van der Waals surface area contributed by atoms with Gasteiger partial charge >= 0.3 is 5.97 Å². The highest BCUT2D eigenvalue weighted by atomic mass is 16.5. The Balaban J connectivity index is 2.95. The summed E-state index contributed by atoms with van der Waals surface area (Å²) in [5, 5.41) is 5.38. The maximum atomic E-state index is 13.6. The van der Waals surface area contributed by atoms with Gasteiger partial charge in [0.2, 0.25) is 29.5 Å². The number of nitrogens with zero attached hydrogens (tertiary/aromatic N) is 3. The van der Waals surface area contributed by atoms with Crippen molar-refractivity contribution >= 4 is 35.5 Å². The second-order valence-electron chi connectivity index (χ2n) is 12.5. The summed E-state index contributed by atoms with van der Waals surface area (Å²) in [4.78, 5) is 82.0. The van der Waals surface area contributed by atoms with Gasteiger partial charge in [-0.1, -0.05) is 65.0 Å². The number of ether oxygens (including phenoxy) is 1. The Morgan fingerprint density at radius 1 is 0.826 bits per heavy atom. The average molecular weight is 647 g/mol. The number of carbonyl (C=O) groups excluding carboxylic acids is 6. The number of nitrogens with one attached hydrogen (secondary N) is 2. The molecule has 0 aliphatic carbocycles. The molecule has 46 heavy (non-hydrogen) atoms. The van der Waals surface area contributed by atoms with Crippen molar-refractivity contribution in [2.45, 2.75) is 98.1 Å². The normalized spacial score (nSPS) is 14.4. The van der Waals surface area contributed by atoms with E-state index >= 15 is 0 Å². The summed E-state index contributed by atoms with van der Waals surface area (Å²) < 4.78 is 5.29. The molecule has 0 aliphatic rings. The van der Waals surface area contributed by atoms with Crippen LogP contribution in [0.1, 0.15) is 66.9 Å². The van der Waals surface area contributed by atoms with Crippen LogP contribution < -0.4 is 16.4 Å². The van der Waals surface area contributed by atoms with Crippen LogP contribution in [0.4, 0.5) is 0 Å². The smallest absolute Gasteiger partial charge is 0.328 e. The lowest BCUT2D eigenvalue weighted by Gasteiger charge is -2.34. The number of esters is 1. The summed E-state index contributed by atoms with van der Waals surface area (Å²) in [6, 6.07) is 4.54. The van der Waals surface area contributed by atoms with Gasteiger partial charge in [-0.05, 0) is 44.1 Å². The van der Waals surface area contributed by atoms with E-state index in [-0.39, 0.29) is 30.9 Å². The Bertz CT molecular complexity index is 1190. The van der Waals surface area contributed by atoms with Gasteiger partial charge in [0.15, 0.2) is 0 Å². The minimum Gasteiger partial charge on any atom is -0.459 e. The topological polar surface area (TPSA) is 171 Å². The minimum atomic E-state index is -1.01. The number of benzene rings is 1. The molecule has 13 heteroatoms. The molecule has 258 valence electrons. The van der Waals surface area contributed by atoms with E-state index in [0.717, 1.165) is 5.56 Å². The first-order valence-electron chi connectivity index (χ1n) is 15.8. The summed E-state index contributed by atoms with van der Waals surface area (Å²) in [5.74, 6) is -3.40. The first-order valence-corrected chi connectivity index (χ1v) is 15.8. The third-order valence-electron chi connectivity index (χ3n) is 7.84. The van der Waals surface area contributed by atoms with Gasteiger partial charge in [0.05, 0.1) is 12.6 Å². The fraction of sp³-hybridized carbons (Fsp3) is 0.636. The first kappa shape index (κ1) is 40.0. The molecule has 0 saturated heterocycles. The van der Waals surface area contributed by atoms with Crippen LogP contribution >= 0.6 is 0 Å². The third kappa shape index (κ3) is 12.1. The largest absolute Gasteiger partial charge is 0.459 e. The highest BCUT2D eigenvalue weighted by Crippen LogP contribution is 2.15. The zero-order valence-corrected chi connectivity index (χ0v) is 29.0. The first-order chi connectivity index (χ1) is 21.4. The van der Waals surface area contributed by atoms with Crippen molar-refractivity contribution in [3.63, 3.8) is 0 Å². The van der Waals surface area contributed by atoms with Gasteiger partial charge in [-0.15, -0.1) is 0 Å². The Hall–Kier alpha value is -4.00. The molecule has 4 N–H and O–H groups in total. The molecule has 0 saturated carbocycles. The van der Waals surface area contributed by atoms with Crippen LogP contribution in [0.5, 0.6) is 0 Å². The van der Waals surface area contributed by atoms with Crippen molar-refractivity contribution in [1.82, 2.24) is 25.3 Å². The van der Waals surface area contributed by atoms with Crippen molar-refractivity contribution < 1.29 is 33.5 Å². The van der Waals surface area contributed by atoms with Crippen molar-refractivity contribution in [3.8, 4) is 0 Å². The minimum absolute atomic E-state index is 0.0276. The molecule has 13 nitrogen and oxygen atoms in total. The second-order valence-corrected chi connectivity index (χ2v) is 12.5. The van der Waals surface area contributed by atoms with E-state index in [9.17, 15) is 28.8 Å². The quantitative estimate of drug-likeness (QED) is 0.213. The zero-order chi connectivity index (χ0) is 35.3. The lowest BCUT2D eigenvalue weighted by Crippen LogP contribution is -2.59. The van der Waals surface area contributed by atoms with Crippen LogP contribution in [-0.4, -0.2) is 108 Å². The Kier molecular flexibility index (Phi) is 16.4. The molecule has 1 rings (SSSR count). The van der Waals surface area contributed by atoms with Gasteiger partial charge in [-0.25, -0.2) is 4.79 Å². The Morgan fingerprint density at radius 3 is 1.93 bits per heavy atom. The number of amides is 5. The fourth-order valence-corrected chi connectivity index (χ4v) is 4.51. The highest BCUT2D eigenvalue weighted by molar-refractivity contribution is 5.95. The number of hydrogen-bond donors (Lipinski definition) is 3. The lowest BCUT2D eigenvalue weighted by molar-refractivity contribution is -0.150. The molecule has 0 radical (unpaired) electrons. The number of hydrogen-bond acceptors (Lipinski definition) is 8. The molecule has 5 amide bonds.